The van der Waals surface area contributed by atoms with Gasteiger partial charge < -0.3 is 15.0 Å². The van der Waals surface area contributed by atoms with Gasteiger partial charge in [-0.1, -0.05) is 12.8 Å². The molecule has 1 saturated heterocycles. The van der Waals surface area contributed by atoms with Crippen LogP contribution in [-0.2, 0) is 9.53 Å². The highest BCUT2D eigenvalue weighted by Crippen LogP contribution is 2.42. The minimum absolute atomic E-state index is 0.000934. The molecular formula is C20H29N3O3S. The summed E-state index contributed by atoms with van der Waals surface area (Å²) in [6.07, 6.45) is 6.83. The first-order chi connectivity index (χ1) is 13.0. The average Bonchev–Trinajstić information content (AvgIpc) is 3.35. The summed E-state index contributed by atoms with van der Waals surface area (Å²) in [4.78, 5) is 32.9. The second kappa shape index (κ2) is 7.51. The molecule has 1 N–H and O–H groups in total. The van der Waals surface area contributed by atoms with Crippen LogP contribution in [0.15, 0.2) is 0 Å². The van der Waals surface area contributed by atoms with Crippen LogP contribution in [0.4, 0.5) is 0 Å². The van der Waals surface area contributed by atoms with Crippen LogP contribution in [0.1, 0.15) is 65.3 Å². The van der Waals surface area contributed by atoms with E-state index in [1.807, 2.05) is 18.7 Å². The van der Waals surface area contributed by atoms with Crippen molar-refractivity contribution in [1.82, 2.24) is 15.2 Å². The van der Waals surface area contributed by atoms with Crippen LogP contribution < -0.4 is 5.32 Å². The zero-order chi connectivity index (χ0) is 19.0. The van der Waals surface area contributed by atoms with Crippen LogP contribution in [-0.4, -0.2) is 53.0 Å². The summed E-state index contributed by atoms with van der Waals surface area (Å²) < 4.78 is 6.03. The van der Waals surface area contributed by atoms with E-state index in [-0.39, 0.29) is 23.5 Å². The predicted octanol–water partition coefficient (Wildman–Crippen LogP) is 2.83. The number of aromatic nitrogens is 1. The number of hydrogen-bond donors (Lipinski definition) is 1. The number of thiazole rings is 1. The normalized spacial score (nSPS) is 23.9. The van der Waals surface area contributed by atoms with E-state index in [0.29, 0.717) is 25.3 Å². The number of nitrogens with zero attached hydrogens (tertiary/aromatic N) is 2. The topological polar surface area (TPSA) is 71.5 Å². The third kappa shape index (κ3) is 4.04. The van der Waals surface area contributed by atoms with Gasteiger partial charge in [-0.3, -0.25) is 9.59 Å². The lowest BCUT2D eigenvalue weighted by atomic mass is 9.74. The Morgan fingerprint density at radius 1 is 1.33 bits per heavy atom. The lowest BCUT2D eigenvalue weighted by Crippen LogP contribution is -2.65. The van der Waals surface area contributed by atoms with Gasteiger partial charge in [-0.05, 0) is 45.4 Å². The Balaban J connectivity index is 1.39. The third-order valence-corrected chi connectivity index (χ3v) is 7.05. The van der Waals surface area contributed by atoms with Gasteiger partial charge >= 0.3 is 0 Å². The van der Waals surface area contributed by atoms with Crippen LogP contribution in [0.25, 0.3) is 0 Å². The van der Waals surface area contributed by atoms with Gasteiger partial charge in [-0.2, -0.15) is 0 Å². The number of ether oxygens (including phenoxy) is 1. The quantitative estimate of drug-likeness (QED) is 0.809. The summed E-state index contributed by atoms with van der Waals surface area (Å²) in [5, 5.41) is 3.92. The molecule has 2 amide bonds. The number of carbonyl (C=O) groups excluding carboxylic acids is 2. The van der Waals surface area contributed by atoms with E-state index < -0.39 is 0 Å². The summed E-state index contributed by atoms with van der Waals surface area (Å²) in [6.45, 7) is 5.64. The number of nitrogens with one attached hydrogen (secondary N) is 1. The number of morpholine rings is 1. The molecule has 2 saturated carbocycles. The van der Waals surface area contributed by atoms with E-state index in [2.05, 4.69) is 10.3 Å². The minimum atomic E-state index is -0.235. The molecule has 3 aliphatic rings. The van der Waals surface area contributed by atoms with Crippen LogP contribution >= 0.6 is 11.3 Å². The van der Waals surface area contributed by atoms with Crippen molar-refractivity contribution in [3.8, 4) is 0 Å². The molecular weight excluding hydrogens is 362 g/mol. The summed E-state index contributed by atoms with van der Waals surface area (Å²) >= 11 is 1.56. The maximum Gasteiger partial charge on any atom is 0.274 e. The summed E-state index contributed by atoms with van der Waals surface area (Å²) in [5.74, 6) is 0.838. The highest BCUT2D eigenvalue weighted by atomic mass is 32.1. The van der Waals surface area contributed by atoms with Crippen LogP contribution in [0, 0.1) is 19.8 Å². The Morgan fingerprint density at radius 3 is 2.70 bits per heavy atom. The first kappa shape index (κ1) is 18.9. The Labute approximate surface area is 164 Å². The van der Waals surface area contributed by atoms with Crippen molar-refractivity contribution < 1.29 is 14.3 Å². The fraction of sp³-hybridized carbons (Fsp3) is 0.750. The molecule has 3 fully saturated rings. The first-order valence-corrected chi connectivity index (χ1v) is 10.9. The van der Waals surface area contributed by atoms with Crippen molar-refractivity contribution in [2.75, 3.05) is 19.7 Å². The molecule has 1 unspecified atom stereocenters. The van der Waals surface area contributed by atoms with Crippen molar-refractivity contribution in [2.45, 2.75) is 70.4 Å². The van der Waals surface area contributed by atoms with E-state index in [1.165, 1.54) is 12.8 Å². The average molecular weight is 392 g/mol. The fourth-order valence-corrected chi connectivity index (χ4v) is 4.99. The Morgan fingerprint density at radius 2 is 2.11 bits per heavy atom. The minimum Gasteiger partial charge on any atom is -0.373 e. The van der Waals surface area contributed by atoms with Gasteiger partial charge in [0, 0.05) is 18.0 Å². The van der Waals surface area contributed by atoms with Gasteiger partial charge in [0.2, 0.25) is 5.91 Å². The van der Waals surface area contributed by atoms with Crippen molar-refractivity contribution in [1.29, 1.82) is 0 Å². The lowest BCUT2D eigenvalue weighted by Gasteiger charge is -2.54. The van der Waals surface area contributed by atoms with E-state index in [1.54, 1.807) is 11.3 Å². The Hall–Kier alpha value is -1.47. The smallest absolute Gasteiger partial charge is 0.274 e. The molecule has 1 atom stereocenters. The standard InChI is InChI=1S/C20H29N3O3S/c1-13-18(22-14(2)27-13)19(25)23-11-16(26-12-20(23)7-3-8-20)10-17(24)21-9-6-15-4-5-15/h15-16H,3-12H2,1-2H3,(H,21,24). The van der Waals surface area contributed by atoms with Crippen molar-refractivity contribution >= 4 is 23.2 Å². The van der Waals surface area contributed by atoms with E-state index >= 15 is 0 Å². The number of amides is 2. The zero-order valence-corrected chi connectivity index (χ0v) is 17.1. The molecule has 2 aliphatic carbocycles. The van der Waals surface area contributed by atoms with Gasteiger partial charge in [-0.15, -0.1) is 11.3 Å². The third-order valence-electron chi connectivity index (χ3n) is 6.17. The summed E-state index contributed by atoms with van der Waals surface area (Å²) in [6, 6.07) is 0. The number of hydrogen-bond acceptors (Lipinski definition) is 5. The summed E-state index contributed by atoms with van der Waals surface area (Å²) in [5.41, 5.74) is 0.373. The predicted molar refractivity (Wildman–Crippen MR) is 104 cm³/mol. The van der Waals surface area contributed by atoms with Crippen molar-refractivity contribution in [3.63, 3.8) is 0 Å². The molecule has 4 rings (SSSR count). The van der Waals surface area contributed by atoms with Gasteiger partial charge in [0.05, 0.1) is 29.7 Å². The molecule has 1 aliphatic heterocycles. The molecule has 1 aromatic rings. The Kier molecular flexibility index (Phi) is 5.25. The summed E-state index contributed by atoms with van der Waals surface area (Å²) in [7, 11) is 0. The molecule has 0 bridgehead atoms. The monoisotopic (exact) mass is 391 g/mol. The van der Waals surface area contributed by atoms with Crippen molar-refractivity contribution in [3.05, 3.63) is 15.6 Å². The molecule has 7 heteroatoms. The zero-order valence-electron chi connectivity index (χ0n) is 16.3. The van der Waals surface area contributed by atoms with E-state index in [0.717, 1.165) is 48.0 Å². The van der Waals surface area contributed by atoms with Crippen LogP contribution in [0.5, 0.6) is 0 Å². The SMILES string of the molecule is Cc1nc(C(=O)N2CC(CC(=O)NCCC3CC3)OCC23CCC3)c(C)s1. The van der Waals surface area contributed by atoms with Crippen LogP contribution in [0.3, 0.4) is 0 Å². The van der Waals surface area contributed by atoms with E-state index in [9.17, 15) is 9.59 Å². The maximum atomic E-state index is 13.2. The number of carbonyl (C=O) groups is 2. The van der Waals surface area contributed by atoms with Gasteiger partial charge in [0.25, 0.3) is 5.91 Å². The second-order valence-corrected chi connectivity index (χ2v) is 9.76. The molecule has 0 aromatic carbocycles. The fourth-order valence-electron chi connectivity index (χ4n) is 4.18. The molecule has 2 heterocycles. The first-order valence-electron chi connectivity index (χ1n) is 10.1. The van der Waals surface area contributed by atoms with Crippen molar-refractivity contribution in [2.24, 2.45) is 5.92 Å². The second-order valence-electron chi connectivity index (χ2n) is 8.35. The van der Waals surface area contributed by atoms with Crippen LogP contribution in [0.2, 0.25) is 0 Å². The molecule has 1 spiro atoms. The van der Waals surface area contributed by atoms with Gasteiger partial charge in [0.1, 0.15) is 5.69 Å². The molecule has 1 aromatic heterocycles. The number of aryl methyl sites for hydroxylation is 2. The lowest BCUT2D eigenvalue weighted by molar-refractivity contribution is -0.140. The molecule has 6 nitrogen and oxygen atoms in total. The molecule has 148 valence electrons. The number of rotatable bonds is 6. The van der Waals surface area contributed by atoms with Gasteiger partial charge in [0.15, 0.2) is 0 Å². The van der Waals surface area contributed by atoms with E-state index in [4.69, 9.17) is 4.74 Å². The highest BCUT2D eigenvalue weighted by molar-refractivity contribution is 7.11. The molecule has 27 heavy (non-hydrogen) atoms. The maximum absolute atomic E-state index is 13.2. The largest absolute Gasteiger partial charge is 0.373 e. The highest BCUT2D eigenvalue weighted by Gasteiger charge is 2.49. The van der Waals surface area contributed by atoms with Gasteiger partial charge in [-0.25, -0.2) is 4.98 Å². The Bertz CT molecular complexity index is 724. The molecule has 0 radical (unpaired) electrons.